The minimum absolute atomic E-state index is 0.0704. The Morgan fingerprint density at radius 1 is 1.04 bits per heavy atom. The van der Waals surface area contributed by atoms with Crippen molar-refractivity contribution < 1.29 is 23.9 Å². The molecule has 1 aliphatic rings. The summed E-state index contributed by atoms with van der Waals surface area (Å²) in [6, 6.07) is 3.11. The molecular weight excluding hydrogens is 324 g/mol. The summed E-state index contributed by atoms with van der Waals surface area (Å²) in [5, 5.41) is 2.72. The molecule has 0 spiro atoms. The van der Waals surface area contributed by atoms with E-state index in [1.165, 1.54) is 13.8 Å². The van der Waals surface area contributed by atoms with Crippen LogP contribution in [0.25, 0.3) is 0 Å². The summed E-state index contributed by atoms with van der Waals surface area (Å²) in [6.45, 7) is 6.38. The molecule has 2 N–H and O–H groups in total. The Labute approximate surface area is 144 Å². The SMILES string of the molecule is CC(=O)c1cc2c(cc1NC(=O)c1[nH]c(C)c(C(C)=O)c1C)OCO2. The smallest absolute Gasteiger partial charge is 0.272 e. The molecule has 2 heterocycles. The second kappa shape index (κ2) is 6.08. The number of carbonyl (C=O) groups excluding carboxylic acids is 3. The van der Waals surface area contributed by atoms with Crippen molar-refractivity contribution in [1.82, 2.24) is 4.98 Å². The Hall–Kier alpha value is -3.09. The Morgan fingerprint density at radius 2 is 1.68 bits per heavy atom. The molecule has 0 bridgehead atoms. The normalized spacial score (nSPS) is 12.2. The standard InChI is InChI=1S/C18H18N2O5/c1-8-16(11(4)22)9(2)19-17(8)18(23)20-13-6-15-14(24-7-25-15)5-12(13)10(3)21/h5-6,19H,7H2,1-4H3,(H,20,23). The van der Waals surface area contributed by atoms with Crippen molar-refractivity contribution >= 4 is 23.2 Å². The summed E-state index contributed by atoms with van der Waals surface area (Å²) < 4.78 is 10.6. The number of nitrogens with one attached hydrogen (secondary N) is 2. The van der Waals surface area contributed by atoms with Gasteiger partial charge in [-0.1, -0.05) is 0 Å². The van der Waals surface area contributed by atoms with Gasteiger partial charge in [0, 0.05) is 22.9 Å². The van der Waals surface area contributed by atoms with Crippen LogP contribution < -0.4 is 14.8 Å². The summed E-state index contributed by atoms with van der Waals surface area (Å²) in [7, 11) is 0. The third-order valence-electron chi connectivity index (χ3n) is 4.16. The van der Waals surface area contributed by atoms with Crippen LogP contribution in [0.1, 0.15) is 56.3 Å². The topological polar surface area (TPSA) is 97.5 Å². The van der Waals surface area contributed by atoms with E-state index in [2.05, 4.69) is 10.3 Å². The Morgan fingerprint density at radius 3 is 2.24 bits per heavy atom. The number of aryl methyl sites for hydroxylation is 1. The lowest BCUT2D eigenvalue weighted by Gasteiger charge is -2.10. The molecule has 130 valence electrons. The van der Waals surface area contributed by atoms with Crippen molar-refractivity contribution in [2.45, 2.75) is 27.7 Å². The number of benzene rings is 1. The number of rotatable bonds is 4. The molecule has 0 radical (unpaired) electrons. The van der Waals surface area contributed by atoms with Crippen LogP contribution in [0, 0.1) is 13.8 Å². The predicted octanol–water partition coefficient (Wildman–Crippen LogP) is 3.02. The first-order valence-electron chi connectivity index (χ1n) is 7.75. The molecule has 3 rings (SSSR count). The highest BCUT2D eigenvalue weighted by atomic mass is 16.7. The van der Waals surface area contributed by atoms with E-state index in [1.807, 2.05) is 0 Å². The lowest BCUT2D eigenvalue weighted by Crippen LogP contribution is -2.16. The molecule has 7 heteroatoms. The van der Waals surface area contributed by atoms with Gasteiger partial charge in [-0.15, -0.1) is 0 Å². The number of hydrogen-bond donors (Lipinski definition) is 2. The van der Waals surface area contributed by atoms with Crippen LogP contribution >= 0.6 is 0 Å². The number of fused-ring (bicyclic) bond motifs is 1. The van der Waals surface area contributed by atoms with Crippen LogP contribution in [0.5, 0.6) is 11.5 Å². The van der Waals surface area contributed by atoms with E-state index in [-0.39, 0.29) is 24.1 Å². The lowest BCUT2D eigenvalue weighted by atomic mass is 10.1. The molecule has 7 nitrogen and oxygen atoms in total. The monoisotopic (exact) mass is 342 g/mol. The number of H-pyrrole nitrogens is 1. The van der Waals surface area contributed by atoms with Crippen LogP contribution in [0.15, 0.2) is 12.1 Å². The Kier molecular flexibility index (Phi) is 4.08. The molecule has 0 aliphatic carbocycles. The molecule has 0 saturated heterocycles. The number of aromatic nitrogens is 1. The van der Waals surface area contributed by atoms with Gasteiger partial charge in [-0.25, -0.2) is 0 Å². The molecular formula is C18H18N2O5. The van der Waals surface area contributed by atoms with E-state index >= 15 is 0 Å². The zero-order valence-corrected chi connectivity index (χ0v) is 14.4. The first-order chi connectivity index (χ1) is 11.8. The van der Waals surface area contributed by atoms with E-state index in [0.717, 1.165) is 0 Å². The van der Waals surface area contributed by atoms with Gasteiger partial charge in [0.1, 0.15) is 5.69 Å². The van der Waals surface area contributed by atoms with Gasteiger partial charge in [0.15, 0.2) is 23.1 Å². The number of anilines is 1. The molecule has 0 fully saturated rings. The van der Waals surface area contributed by atoms with Crippen LogP contribution in [0.3, 0.4) is 0 Å². The van der Waals surface area contributed by atoms with Crippen LogP contribution in [-0.4, -0.2) is 29.3 Å². The zero-order valence-electron chi connectivity index (χ0n) is 14.4. The van der Waals surface area contributed by atoms with Gasteiger partial charge in [0.05, 0.1) is 5.69 Å². The third kappa shape index (κ3) is 2.88. The maximum Gasteiger partial charge on any atom is 0.272 e. The maximum absolute atomic E-state index is 12.7. The molecule has 1 aromatic carbocycles. The number of ketones is 2. The maximum atomic E-state index is 12.7. The van der Waals surface area contributed by atoms with Gasteiger partial charge in [-0.05, 0) is 39.3 Å². The first-order valence-corrected chi connectivity index (χ1v) is 7.75. The van der Waals surface area contributed by atoms with E-state index in [0.29, 0.717) is 39.6 Å². The van der Waals surface area contributed by atoms with Crippen molar-refractivity contribution in [3.63, 3.8) is 0 Å². The van der Waals surface area contributed by atoms with E-state index < -0.39 is 5.91 Å². The summed E-state index contributed by atoms with van der Waals surface area (Å²) in [4.78, 5) is 39.2. The quantitative estimate of drug-likeness (QED) is 0.833. The van der Waals surface area contributed by atoms with Crippen molar-refractivity contribution in [2.24, 2.45) is 0 Å². The second-order valence-electron chi connectivity index (χ2n) is 5.94. The number of ether oxygens (including phenoxy) is 2. The van der Waals surface area contributed by atoms with Gasteiger partial charge >= 0.3 is 0 Å². The van der Waals surface area contributed by atoms with Crippen LogP contribution in [0.4, 0.5) is 5.69 Å². The Balaban J connectivity index is 1.98. The number of carbonyl (C=O) groups is 3. The number of amides is 1. The molecule has 0 unspecified atom stereocenters. The van der Waals surface area contributed by atoms with Gasteiger partial charge in [-0.3, -0.25) is 14.4 Å². The fourth-order valence-electron chi connectivity index (χ4n) is 3.03. The van der Waals surface area contributed by atoms with Crippen molar-refractivity contribution in [2.75, 3.05) is 12.1 Å². The van der Waals surface area contributed by atoms with Gasteiger partial charge in [0.25, 0.3) is 5.91 Å². The molecule has 1 amide bonds. The first kappa shape index (κ1) is 16.8. The number of hydrogen-bond acceptors (Lipinski definition) is 5. The summed E-state index contributed by atoms with van der Waals surface area (Å²) in [5.74, 6) is 0.169. The minimum Gasteiger partial charge on any atom is -0.454 e. The minimum atomic E-state index is -0.436. The van der Waals surface area contributed by atoms with Crippen LogP contribution in [-0.2, 0) is 0 Å². The molecule has 0 atom stereocenters. The highest BCUT2D eigenvalue weighted by molar-refractivity contribution is 6.11. The van der Waals surface area contributed by atoms with Gasteiger partial charge < -0.3 is 19.8 Å². The Bertz CT molecular complexity index is 911. The fourth-order valence-corrected chi connectivity index (χ4v) is 3.03. The molecule has 1 aliphatic heterocycles. The summed E-state index contributed by atoms with van der Waals surface area (Å²) in [6.07, 6.45) is 0. The van der Waals surface area contributed by atoms with Crippen molar-refractivity contribution in [3.8, 4) is 11.5 Å². The van der Waals surface area contributed by atoms with E-state index in [1.54, 1.807) is 26.0 Å². The highest BCUT2D eigenvalue weighted by Crippen LogP contribution is 2.37. The second-order valence-corrected chi connectivity index (χ2v) is 5.94. The van der Waals surface area contributed by atoms with E-state index in [4.69, 9.17) is 9.47 Å². The largest absolute Gasteiger partial charge is 0.454 e. The van der Waals surface area contributed by atoms with Gasteiger partial charge in [0.2, 0.25) is 6.79 Å². The highest BCUT2D eigenvalue weighted by Gasteiger charge is 2.23. The van der Waals surface area contributed by atoms with E-state index in [9.17, 15) is 14.4 Å². The molecule has 2 aromatic rings. The van der Waals surface area contributed by atoms with Crippen molar-refractivity contribution in [1.29, 1.82) is 0 Å². The van der Waals surface area contributed by atoms with Gasteiger partial charge in [-0.2, -0.15) is 0 Å². The average Bonchev–Trinajstić information content (AvgIpc) is 3.09. The molecule has 1 aromatic heterocycles. The molecule has 25 heavy (non-hydrogen) atoms. The summed E-state index contributed by atoms with van der Waals surface area (Å²) in [5.41, 5.74) is 2.65. The molecule has 0 saturated carbocycles. The number of aromatic amines is 1. The average molecular weight is 342 g/mol. The van der Waals surface area contributed by atoms with Crippen molar-refractivity contribution in [3.05, 3.63) is 40.2 Å². The third-order valence-corrected chi connectivity index (χ3v) is 4.16. The predicted molar refractivity (Wildman–Crippen MR) is 90.8 cm³/mol. The lowest BCUT2D eigenvalue weighted by molar-refractivity contribution is 0.100. The number of Topliss-reactive ketones (excluding diaryl/α,β-unsaturated/α-hetero) is 2. The summed E-state index contributed by atoms with van der Waals surface area (Å²) >= 11 is 0. The van der Waals surface area contributed by atoms with Crippen LogP contribution in [0.2, 0.25) is 0 Å². The fraction of sp³-hybridized carbons (Fsp3) is 0.278. The zero-order chi connectivity index (χ0) is 18.3.